The number of nitrogens with one attached hydrogen (secondary N) is 2. The van der Waals surface area contributed by atoms with Gasteiger partial charge in [0.05, 0.1) is 42.9 Å². The number of likely N-dealkylation sites (tertiary alicyclic amines) is 1. The number of ether oxygens (including phenoxy) is 2. The molecule has 2 aromatic heterocycles. The van der Waals surface area contributed by atoms with Crippen LogP contribution in [0.2, 0.25) is 0 Å². The number of aromatic nitrogens is 3. The van der Waals surface area contributed by atoms with Crippen molar-refractivity contribution in [3.8, 4) is 11.5 Å². The summed E-state index contributed by atoms with van der Waals surface area (Å²) in [5, 5.41) is 18.9. The largest absolute Gasteiger partial charge is 0.573 e. The second-order valence-corrected chi connectivity index (χ2v) is 9.20. The summed E-state index contributed by atoms with van der Waals surface area (Å²) in [7, 11) is 1.27. The fraction of sp³-hybridized carbons (Fsp3) is 0.391. The Hall–Kier alpha value is -4.07. The number of hydrogen-bond donors (Lipinski definition) is 3. The second kappa shape index (κ2) is 9.10. The first-order valence-corrected chi connectivity index (χ1v) is 11.3. The Morgan fingerprint density at radius 3 is 2.68 bits per heavy atom. The van der Waals surface area contributed by atoms with Gasteiger partial charge in [-0.1, -0.05) is 0 Å². The standard InChI is InChI=1S/C23H23F3N6O5/c1-36-19-13(10-33)4-15(37-23(24,25)26)5-17(19)30-21(35)29-14-6-22(7-14)11-31(12-22)20(34)16-8-28-32-3-2-27-9-18(16)32/h2-5,8-9,14,33H,6-7,10-12H2,1H3,(H2,29,30,35). The molecule has 1 aliphatic carbocycles. The highest BCUT2D eigenvalue weighted by atomic mass is 19.4. The van der Waals surface area contributed by atoms with Gasteiger partial charge in [0.1, 0.15) is 11.5 Å². The number of hydrogen-bond acceptors (Lipinski definition) is 7. The van der Waals surface area contributed by atoms with Gasteiger partial charge in [-0.3, -0.25) is 9.78 Å². The van der Waals surface area contributed by atoms with Crippen molar-refractivity contribution in [3.05, 3.63) is 48.0 Å². The topological polar surface area (TPSA) is 130 Å². The van der Waals surface area contributed by atoms with E-state index in [-0.39, 0.29) is 34.4 Å². The number of urea groups is 1. The fourth-order valence-electron chi connectivity index (χ4n) is 5.07. The molecule has 3 N–H and O–H groups in total. The highest BCUT2D eigenvalue weighted by Gasteiger charge is 2.54. The Morgan fingerprint density at radius 2 is 2.00 bits per heavy atom. The van der Waals surface area contributed by atoms with Crippen LogP contribution in [0.15, 0.2) is 36.9 Å². The Kier molecular flexibility index (Phi) is 6.06. The van der Waals surface area contributed by atoms with Crippen LogP contribution in [0.5, 0.6) is 11.5 Å². The minimum Gasteiger partial charge on any atom is -0.494 e. The Morgan fingerprint density at radius 1 is 1.24 bits per heavy atom. The molecule has 2 fully saturated rings. The van der Waals surface area contributed by atoms with E-state index in [4.69, 9.17) is 4.74 Å². The van der Waals surface area contributed by atoms with Gasteiger partial charge in [-0.25, -0.2) is 9.31 Å². The monoisotopic (exact) mass is 520 g/mol. The summed E-state index contributed by atoms with van der Waals surface area (Å²) in [5.41, 5.74) is 0.954. The number of fused-ring (bicyclic) bond motifs is 1. The third-order valence-electron chi connectivity index (χ3n) is 6.58. The van der Waals surface area contributed by atoms with E-state index in [9.17, 15) is 27.9 Å². The van der Waals surface area contributed by atoms with Crippen molar-refractivity contribution >= 4 is 23.1 Å². The lowest BCUT2D eigenvalue weighted by Crippen LogP contribution is -2.67. The molecule has 37 heavy (non-hydrogen) atoms. The van der Waals surface area contributed by atoms with Gasteiger partial charge in [0.2, 0.25) is 0 Å². The number of halogens is 3. The normalized spacial score (nSPS) is 16.7. The van der Waals surface area contributed by atoms with Crippen LogP contribution in [-0.2, 0) is 6.61 Å². The molecule has 2 aliphatic rings. The number of carbonyl (C=O) groups is 2. The van der Waals surface area contributed by atoms with Gasteiger partial charge in [-0.15, -0.1) is 13.2 Å². The van der Waals surface area contributed by atoms with Crippen molar-refractivity contribution in [1.29, 1.82) is 0 Å². The summed E-state index contributed by atoms with van der Waals surface area (Å²) in [5.74, 6) is -0.708. The molecule has 196 valence electrons. The number of rotatable bonds is 6. The quantitative estimate of drug-likeness (QED) is 0.456. The maximum Gasteiger partial charge on any atom is 0.573 e. The SMILES string of the molecule is COc1c(CO)cc(OC(F)(F)F)cc1NC(=O)NC1CC2(C1)CN(C(=O)c1cnn3ccncc13)C2. The number of benzene rings is 1. The molecular weight excluding hydrogens is 497 g/mol. The molecule has 5 rings (SSSR count). The summed E-state index contributed by atoms with van der Waals surface area (Å²) < 4.78 is 48.7. The van der Waals surface area contributed by atoms with Crippen LogP contribution in [0, 0.1) is 5.41 Å². The summed E-state index contributed by atoms with van der Waals surface area (Å²) in [6.07, 6.45) is 2.71. The number of alkyl halides is 3. The van der Waals surface area contributed by atoms with Crippen LogP contribution in [0.1, 0.15) is 28.8 Å². The van der Waals surface area contributed by atoms with Gasteiger partial charge in [0.15, 0.2) is 0 Å². The van der Waals surface area contributed by atoms with Crippen LogP contribution in [-0.4, -0.2) is 69.1 Å². The van der Waals surface area contributed by atoms with Crippen LogP contribution in [0.4, 0.5) is 23.7 Å². The summed E-state index contributed by atoms with van der Waals surface area (Å²) in [4.78, 5) is 31.2. The number of carbonyl (C=O) groups excluding carboxylic acids is 2. The molecule has 1 aliphatic heterocycles. The van der Waals surface area contributed by atoms with Gasteiger partial charge in [-0.2, -0.15) is 5.10 Å². The number of aliphatic hydroxyl groups is 1. The van der Waals surface area contributed by atoms with E-state index >= 15 is 0 Å². The second-order valence-electron chi connectivity index (χ2n) is 9.20. The predicted molar refractivity (Wildman–Crippen MR) is 122 cm³/mol. The summed E-state index contributed by atoms with van der Waals surface area (Å²) in [6.45, 7) is 0.474. The van der Waals surface area contributed by atoms with Crippen molar-refractivity contribution in [2.75, 3.05) is 25.5 Å². The first kappa shape index (κ1) is 24.6. The predicted octanol–water partition coefficient (Wildman–Crippen LogP) is 2.56. The maximum absolute atomic E-state index is 12.9. The van der Waals surface area contributed by atoms with E-state index in [1.54, 1.807) is 28.0 Å². The molecule has 1 spiro atoms. The van der Waals surface area contributed by atoms with Crippen molar-refractivity contribution < 1.29 is 37.3 Å². The number of anilines is 1. The molecular formula is C23H23F3N6O5. The lowest BCUT2D eigenvalue weighted by atomic mass is 9.60. The minimum atomic E-state index is -4.94. The molecule has 1 aromatic carbocycles. The zero-order valence-electron chi connectivity index (χ0n) is 19.6. The third-order valence-corrected chi connectivity index (χ3v) is 6.58. The molecule has 0 unspecified atom stereocenters. The Labute approximate surface area is 208 Å². The maximum atomic E-state index is 12.9. The average molecular weight is 520 g/mol. The van der Waals surface area contributed by atoms with Crippen LogP contribution >= 0.6 is 0 Å². The first-order valence-electron chi connectivity index (χ1n) is 11.3. The van der Waals surface area contributed by atoms with Crippen molar-refractivity contribution in [2.24, 2.45) is 5.41 Å². The van der Waals surface area contributed by atoms with E-state index in [1.165, 1.54) is 13.3 Å². The first-order chi connectivity index (χ1) is 17.6. The number of amides is 3. The smallest absolute Gasteiger partial charge is 0.494 e. The summed E-state index contributed by atoms with van der Waals surface area (Å²) in [6, 6.07) is 1.14. The van der Waals surface area contributed by atoms with Gasteiger partial charge in [0.25, 0.3) is 5.91 Å². The molecule has 0 bridgehead atoms. The zero-order chi connectivity index (χ0) is 26.4. The molecule has 3 amide bonds. The average Bonchev–Trinajstić information content (AvgIpc) is 3.22. The minimum absolute atomic E-state index is 0.0170. The van der Waals surface area contributed by atoms with E-state index in [1.807, 2.05) is 0 Å². The lowest BCUT2D eigenvalue weighted by Gasteiger charge is -2.58. The van der Waals surface area contributed by atoms with Crippen LogP contribution < -0.4 is 20.1 Å². The van der Waals surface area contributed by atoms with Gasteiger partial charge in [0, 0.05) is 48.6 Å². The fourth-order valence-corrected chi connectivity index (χ4v) is 5.07. The summed E-state index contributed by atoms with van der Waals surface area (Å²) >= 11 is 0. The molecule has 1 saturated carbocycles. The molecule has 3 heterocycles. The van der Waals surface area contributed by atoms with Crippen LogP contribution in [0.25, 0.3) is 5.52 Å². The van der Waals surface area contributed by atoms with Crippen molar-refractivity contribution in [2.45, 2.75) is 31.9 Å². The third kappa shape index (κ3) is 4.83. The van der Waals surface area contributed by atoms with E-state index in [2.05, 4.69) is 25.5 Å². The van der Waals surface area contributed by atoms with E-state index in [0.717, 1.165) is 12.1 Å². The zero-order valence-corrected chi connectivity index (χ0v) is 19.6. The van der Waals surface area contributed by atoms with E-state index < -0.39 is 24.7 Å². The molecule has 1 saturated heterocycles. The molecule has 14 heteroatoms. The Bertz CT molecular complexity index is 1350. The van der Waals surface area contributed by atoms with Crippen LogP contribution in [0.3, 0.4) is 0 Å². The Balaban J connectivity index is 1.16. The number of aliphatic hydroxyl groups excluding tert-OH is 1. The van der Waals surface area contributed by atoms with Gasteiger partial charge in [-0.05, 0) is 18.9 Å². The van der Waals surface area contributed by atoms with Crippen molar-refractivity contribution in [1.82, 2.24) is 24.8 Å². The van der Waals surface area contributed by atoms with Gasteiger partial charge >= 0.3 is 12.4 Å². The molecule has 11 nitrogen and oxygen atoms in total. The van der Waals surface area contributed by atoms with Crippen molar-refractivity contribution in [3.63, 3.8) is 0 Å². The van der Waals surface area contributed by atoms with Gasteiger partial charge < -0.3 is 30.1 Å². The van der Waals surface area contributed by atoms with E-state index in [0.29, 0.717) is 37.0 Å². The number of methoxy groups -OCH3 is 1. The molecule has 3 aromatic rings. The molecule has 0 radical (unpaired) electrons. The molecule has 0 atom stereocenters. The highest BCUT2D eigenvalue weighted by Crippen LogP contribution is 2.49. The lowest BCUT2D eigenvalue weighted by molar-refractivity contribution is -0.274. The number of nitrogens with zero attached hydrogens (tertiary/aromatic N) is 4. The highest BCUT2D eigenvalue weighted by molar-refractivity contribution is 6.01.